The predicted octanol–water partition coefficient (Wildman–Crippen LogP) is 1.68. The highest BCUT2D eigenvalue weighted by Crippen LogP contribution is 2.05. The van der Waals surface area contributed by atoms with E-state index in [1.54, 1.807) is 0 Å². The Morgan fingerprint density at radius 3 is 2.54 bits per heavy atom. The maximum Gasteiger partial charge on any atom is 0.225 e. The van der Waals surface area contributed by atoms with Crippen molar-refractivity contribution in [3.8, 4) is 0 Å². The molecule has 0 unspecified atom stereocenters. The Hall–Kier alpha value is -0.900. The van der Waals surface area contributed by atoms with E-state index in [1.807, 2.05) is 11.8 Å². The van der Waals surface area contributed by atoms with Gasteiger partial charge < -0.3 is 4.90 Å². The van der Waals surface area contributed by atoms with Gasteiger partial charge in [0.25, 0.3) is 0 Å². The van der Waals surface area contributed by atoms with Gasteiger partial charge in [-0.3, -0.25) is 0 Å². The van der Waals surface area contributed by atoms with Crippen LogP contribution < -0.4 is 4.90 Å². The summed E-state index contributed by atoms with van der Waals surface area (Å²) in [5, 5.41) is 0. The Morgan fingerprint density at radius 2 is 2.08 bits per heavy atom. The van der Waals surface area contributed by atoms with E-state index in [0.717, 1.165) is 18.9 Å². The highest BCUT2D eigenvalue weighted by Gasteiger charge is 2.05. The van der Waals surface area contributed by atoms with Gasteiger partial charge in [-0.15, -0.1) is 11.6 Å². The van der Waals surface area contributed by atoms with Crippen LogP contribution in [-0.2, 0) is 0 Å². The minimum absolute atomic E-state index is 0.425. The molecule has 0 aliphatic rings. The second-order valence-electron chi connectivity index (χ2n) is 2.47. The first-order chi connectivity index (χ1) is 6.27. The molecule has 1 rings (SSSR count). The average molecular weight is 204 g/mol. The van der Waals surface area contributed by atoms with Crippen molar-refractivity contribution < 1.29 is 4.39 Å². The van der Waals surface area contributed by atoms with Crippen LogP contribution in [0.4, 0.5) is 10.3 Å². The number of alkyl halides is 1. The molecule has 0 radical (unpaired) electrons. The van der Waals surface area contributed by atoms with Crippen molar-refractivity contribution in [1.82, 2.24) is 9.97 Å². The molecule has 0 aliphatic carbocycles. The standard InChI is InChI=1S/C8H11ClFN3/c1-2-13(4-3-9)8-11-5-7(10)6-12-8/h5-6H,2-4H2,1H3. The summed E-state index contributed by atoms with van der Waals surface area (Å²) in [5.41, 5.74) is 0. The Balaban J connectivity index is 2.73. The van der Waals surface area contributed by atoms with E-state index in [4.69, 9.17) is 11.6 Å². The van der Waals surface area contributed by atoms with Gasteiger partial charge in [0.2, 0.25) is 5.95 Å². The number of halogens is 2. The van der Waals surface area contributed by atoms with Gasteiger partial charge in [-0.2, -0.15) is 0 Å². The molecule has 0 saturated carbocycles. The SMILES string of the molecule is CCN(CCCl)c1ncc(F)cn1. The second kappa shape index (κ2) is 4.97. The van der Waals surface area contributed by atoms with Gasteiger partial charge in [-0.25, -0.2) is 14.4 Å². The van der Waals surface area contributed by atoms with E-state index < -0.39 is 5.82 Å². The lowest BCUT2D eigenvalue weighted by molar-refractivity contribution is 0.611. The molecule has 1 aromatic rings. The summed E-state index contributed by atoms with van der Waals surface area (Å²) in [7, 11) is 0. The van der Waals surface area contributed by atoms with Gasteiger partial charge in [-0.1, -0.05) is 0 Å². The van der Waals surface area contributed by atoms with E-state index in [-0.39, 0.29) is 0 Å². The molecule has 0 spiro atoms. The average Bonchev–Trinajstić information content (AvgIpc) is 2.16. The monoisotopic (exact) mass is 203 g/mol. The lowest BCUT2D eigenvalue weighted by atomic mass is 10.5. The van der Waals surface area contributed by atoms with E-state index in [2.05, 4.69) is 9.97 Å². The molecule has 0 saturated heterocycles. The predicted molar refractivity (Wildman–Crippen MR) is 50.6 cm³/mol. The molecule has 0 fully saturated rings. The zero-order chi connectivity index (χ0) is 9.68. The van der Waals surface area contributed by atoms with E-state index in [9.17, 15) is 4.39 Å². The van der Waals surface area contributed by atoms with Crippen molar-refractivity contribution in [3.05, 3.63) is 18.2 Å². The first kappa shape index (κ1) is 10.2. The first-order valence-electron chi connectivity index (χ1n) is 4.06. The summed E-state index contributed by atoms with van der Waals surface area (Å²) >= 11 is 5.58. The van der Waals surface area contributed by atoms with Gasteiger partial charge in [0.1, 0.15) is 0 Å². The second-order valence-corrected chi connectivity index (χ2v) is 2.85. The van der Waals surface area contributed by atoms with Crippen LogP contribution >= 0.6 is 11.6 Å². The summed E-state index contributed by atoms with van der Waals surface area (Å²) in [5.74, 6) is 0.601. The first-order valence-corrected chi connectivity index (χ1v) is 4.59. The number of hydrogen-bond acceptors (Lipinski definition) is 3. The normalized spacial score (nSPS) is 10.1. The molecule has 0 aliphatic heterocycles. The van der Waals surface area contributed by atoms with Crippen molar-refractivity contribution >= 4 is 17.5 Å². The smallest absolute Gasteiger partial charge is 0.225 e. The molecule has 0 atom stereocenters. The molecule has 72 valence electrons. The molecule has 1 heterocycles. The fourth-order valence-corrected chi connectivity index (χ4v) is 1.17. The Labute approximate surface area is 81.6 Å². The van der Waals surface area contributed by atoms with Crippen LogP contribution in [0.15, 0.2) is 12.4 Å². The summed E-state index contributed by atoms with van der Waals surface area (Å²) in [4.78, 5) is 9.58. The largest absolute Gasteiger partial charge is 0.340 e. The van der Waals surface area contributed by atoms with Crippen LogP contribution in [0.1, 0.15) is 6.92 Å². The van der Waals surface area contributed by atoms with Crippen LogP contribution in [0, 0.1) is 5.82 Å². The molecular weight excluding hydrogens is 193 g/mol. The van der Waals surface area contributed by atoms with Gasteiger partial charge >= 0.3 is 0 Å². The van der Waals surface area contributed by atoms with Crippen LogP contribution in [-0.4, -0.2) is 28.9 Å². The van der Waals surface area contributed by atoms with E-state index in [1.165, 1.54) is 0 Å². The lowest BCUT2D eigenvalue weighted by Gasteiger charge is -2.18. The summed E-state index contributed by atoms with van der Waals surface area (Å²) < 4.78 is 12.5. The molecule has 13 heavy (non-hydrogen) atoms. The maximum atomic E-state index is 12.5. The molecule has 3 nitrogen and oxygen atoms in total. The Kier molecular flexibility index (Phi) is 3.89. The number of nitrogens with zero attached hydrogens (tertiary/aromatic N) is 3. The number of hydrogen-bond donors (Lipinski definition) is 0. The van der Waals surface area contributed by atoms with Crippen molar-refractivity contribution in [2.75, 3.05) is 23.9 Å². The van der Waals surface area contributed by atoms with Gasteiger partial charge in [0.05, 0.1) is 12.4 Å². The van der Waals surface area contributed by atoms with Crippen molar-refractivity contribution in [2.45, 2.75) is 6.92 Å². The van der Waals surface area contributed by atoms with Crippen LogP contribution in [0.3, 0.4) is 0 Å². The lowest BCUT2D eigenvalue weighted by Crippen LogP contribution is -2.26. The Morgan fingerprint density at radius 1 is 1.46 bits per heavy atom. The third kappa shape index (κ3) is 2.81. The number of anilines is 1. The van der Waals surface area contributed by atoms with E-state index >= 15 is 0 Å². The highest BCUT2D eigenvalue weighted by molar-refractivity contribution is 6.18. The fourth-order valence-electron chi connectivity index (χ4n) is 0.970. The van der Waals surface area contributed by atoms with Gasteiger partial charge in [0.15, 0.2) is 5.82 Å². The molecule has 0 amide bonds. The maximum absolute atomic E-state index is 12.5. The van der Waals surface area contributed by atoms with Crippen LogP contribution in [0.5, 0.6) is 0 Å². The quantitative estimate of drug-likeness (QED) is 0.698. The molecule has 5 heteroatoms. The third-order valence-electron chi connectivity index (χ3n) is 1.63. The topological polar surface area (TPSA) is 29.0 Å². The molecule has 0 N–H and O–H groups in total. The molecular formula is C8H11ClFN3. The molecule has 0 bridgehead atoms. The van der Waals surface area contributed by atoms with E-state index in [0.29, 0.717) is 18.4 Å². The van der Waals surface area contributed by atoms with Crippen LogP contribution in [0.2, 0.25) is 0 Å². The number of rotatable bonds is 4. The highest BCUT2D eigenvalue weighted by atomic mass is 35.5. The minimum atomic E-state index is -0.425. The third-order valence-corrected chi connectivity index (χ3v) is 1.79. The summed E-state index contributed by atoms with van der Waals surface area (Å²) in [6, 6.07) is 0. The van der Waals surface area contributed by atoms with Crippen molar-refractivity contribution in [1.29, 1.82) is 0 Å². The summed E-state index contributed by atoms with van der Waals surface area (Å²) in [6.45, 7) is 3.40. The van der Waals surface area contributed by atoms with Crippen molar-refractivity contribution in [2.24, 2.45) is 0 Å². The zero-order valence-electron chi connectivity index (χ0n) is 7.37. The minimum Gasteiger partial charge on any atom is -0.340 e. The number of aromatic nitrogens is 2. The van der Waals surface area contributed by atoms with Crippen molar-refractivity contribution in [3.63, 3.8) is 0 Å². The molecule has 0 aromatic carbocycles. The molecule has 1 aromatic heterocycles. The summed E-state index contributed by atoms with van der Waals surface area (Å²) in [6.07, 6.45) is 2.30. The van der Waals surface area contributed by atoms with Crippen LogP contribution in [0.25, 0.3) is 0 Å². The Bertz CT molecular complexity index is 252. The van der Waals surface area contributed by atoms with Gasteiger partial charge in [0, 0.05) is 19.0 Å². The van der Waals surface area contributed by atoms with Gasteiger partial charge in [-0.05, 0) is 6.92 Å². The fraction of sp³-hybridized carbons (Fsp3) is 0.500. The zero-order valence-corrected chi connectivity index (χ0v) is 8.13.